The minimum atomic E-state index is -1.62. The van der Waals surface area contributed by atoms with Crippen molar-refractivity contribution in [3.63, 3.8) is 0 Å². The zero-order valence-electron chi connectivity index (χ0n) is 6.78. The van der Waals surface area contributed by atoms with E-state index in [4.69, 9.17) is 4.74 Å². The summed E-state index contributed by atoms with van der Waals surface area (Å²) < 4.78 is 4.77. The van der Waals surface area contributed by atoms with Crippen LogP contribution < -0.4 is 0 Å². The molecule has 1 unspecified atom stereocenters. The molecule has 0 saturated heterocycles. The number of hydrogen-bond donors (Lipinski definition) is 2. The molecule has 0 radical (unpaired) electrons. The Bertz CT molecular complexity index is 130. The van der Waals surface area contributed by atoms with E-state index in [0.717, 1.165) is 0 Å². The zero-order chi connectivity index (χ0) is 8.85. The number of thiol groups is 2. The second-order valence-corrected chi connectivity index (χ2v) is 14.2. The maximum atomic E-state index is 11.1. The molecule has 0 aromatic heterocycles. The average Bonchev–Trinajstić information content (AvgIpc) is 1.98. The molecule has 2 nitrogen and oxygen atoms in total. The summed E-state index contributed by atoms with van der Waals surface area (Å²) in [6, 6.07) is 0. The predicted molar refractivity (Wildman–Crippen MR) is 56.5 cm³/mol. The van der Waals surface area contributed by atoms with Crippen molar-refractivity contribution >= 4 is 51.0 Å². The van der Waals surface area contributed by atoms with Gasteiger partial charge in [-0.25, -0.2) is 0 Å². The third kappa shape index (κ3) is 5.25. The molecule has 1 atom stereocenters. The number of carbonyl (C=O) groups is 1. The van der Waals surface area contributed by atoms with Crippen molar-refractivity contribution in [3.8, 4) is 0 Å². The van der Waals surface area contributed by atoms with Crippen LogP contribution in [0.25, 0.3) is 0 Å². The molecule has 11 heavy (non-hydrogen) atoms. The van der Waals surface area contributed by atoms with E-state index in [1.165, 1.54) is 0 Å². The van der Waals surface area contributed by atoms with E-state index in [2.05, 4.69) is 35.1 Å². The van der Waals surface area contributed by atoms with Crippen molar-refractivity contribution < 1.29 is 9.53 Å². The first kappa shape index (κ1) is 12.0. The molecular weight excluding hydrogens is 287 g/mol. The number of hydrogen-bond acceptors (Lipinski definition) is 4. The van der Waals surface area contributed by atoms with Crippen LogP contribution >= 0.6 is 25.3 Å². The second-order valence-electron chi connectivity index (χ2n) is 2.58. The molecule has 0 aromatic rings. The topological polar surface area (TPSA) is 26.3 Å². The first-order valence-electron chi connectivity index (χ1n) is 3.55. The van der Waals surface area contributed by atoms with Gasteiger partial charge in [0.25, 0.3) is 0 Å². The number of esters is 1. The van der Waals surface area contributed by atoms with Crippen LogP contribution in [0.3, 0.4) is 0 Å². The average molecular weight is 301 g/mol. The van der Waals surface area contributed by atoms with Crippen molar-refractivity contribution in [2.45, 2.75) is 13.1 Å². The van der Waals surface area contributed by atoms with Crippen LogP contribution in [-0.4, -0.2) is 41.4 Å². The molecule has 5 heteroatoms. The van der Waals surface area contributed by atoms with E-state index in [9.17, 15) is 4.79 Å². The van der Waals surface area contributed by atoms with Gasteiger partial charge in [0.2, 0.25) is 0 Å². The first-order valence-corrected chi connectivity index (χ1v) is 13.2. The van der Waals surface area contributed by atoms with Gasteiger partial charge < -0.3 is 0 Å². The molecule has 0 heterocycles. The molecule has 0 rings (SSSR count). The van der Waals surface area contributed by atoms with Gasteiger partial charge in [0, 0.05) is 0 Å². The van der Waals surface area contributed by atoms with Gasteiger partial charge in [-0.15, -0.1) is 0 Å². The van der Waals surface area contributed by atoms with Crippen molar-refractivity contribution in [3.05, 3.63) is 0 Å². The van der Waals surface area contributed by atoms with Crippen LogP contribution in [0.5, 0.6) is 0 Å². The summed E-state index contributed by atoms with van der Waals surface area (Å²) in [5.74, 6) is 0.424. The van der Waals surface area contributed by atoms with Gasteiger partial charge in [-0.2, -0.15) is 0 Å². The van der Waals surface area contributed by atoms with Crippen molar-refractivity contribution in [2.75, 3.05) is 12.4 Å². The third-order valence-corrected chi connectivity index (χ3v) is 9.98. The standard InChI is InChI=1S/C4H7O2S2.2CH3.Sn.H/c5-4(3-8)6-1-2-7;;;;/h3,7-8H,1-2H2;2*1H3;;. The van der Waals surface area contributed by atoms with Gasteiger partial charge in [-0.05, 0) is 0 Å². The Balaban J connectivity index is 3.64. The van der Waals surface area contributed by atoms with Crippen molar-refractivity contribution in [2.24, 2.45) is 0 Å². The molecule has 0 N–H and O–H groups in total. The number of rotatable bonds is 4. The first-order chi connectivity index (χ1) is 5.09. The Labute approximate surface area is 85.6 Å². The summed E-state index contributed by atoms with van der Waals surface area (Å²) in [6.45, 7) is 0.400. The maximum absolute atomic E-state index is 11.1. The normalized spacial score (nSPS) is 13.2. The molecule has 0 spiro atoms. The van der Waals surface area contributed by atoms with E-state index < -0.39 is 19.8 Å². The predicted octanol–water partition coefficient (Wildman–Crippen LogP) is 0.784. The molecule has 0 bridgehead atoms. The molecule has 0 aromatic carbocycles. The fraction of sp³-hybridized carbons (Fsp3) is 0.833. The van der Waals surface area contributed by atoms with Crippen LogP contribution in [-0.2, 0) is 9.53 Å². The fourth-order valence-corrected chi connectivity index (χ4v) is 2.50. The van der Waals surface area contributed by atoms with Gasteiger partial charge in [0.05, 0.1) is 0 Å². The molecular formula is C6H14O2S2Sn. The van der Waals surface area contributed by atoms with Gasteiger partial charge in [-0.1, -0.05) is 0 Å². The van der Waals surface area contributed by atoms with E-state index in [1.807, 2.05) is 0 Å². The molecule has 0 amide bonds. The van der Waals surface area contributed by atoms with E-state index in [1.54, 1.807) is 0 Å². The molecule has 0 aliphatic rings. The Kier molecular flexibility index (Phi) is 7.05. The van der Waals surface area contributed by atoms with Crippen molar-refractivity contribution in [1.29, 1.82) is 0 Å². The monoisotopic (exact) mass is 302 g/mol. The Hall–Kier alpha value is 0.969. The summed E-state index contributed by atoms with van der Waals surface area (Å²) in [6.07, 6.45) is 0. The van der Waals surface area contributed by atoms with Crippen LogP contribution in [0.15, 0.2) is 0 Å². The van der Waals surface area contributed by atoms with Crippen molar-refractivity contribution in [1.82, 2.24) is 0 Å². The van der Waals surface area contributed by atoms with Gasteiger partial charge in [0.1, 0.15) is 0 Å². The molecule has 0 aliphatic carbocycles. The van der Waals surface area contributed by atoms with Crippen LogP contribution in [0.1, 0.15) is 0 Å². The minimum absolute atomic E-state index is 0.100. The molecule has 0 saturated carbocycles. The second kappa shape index (κ2) is 6.48. The third-order valence-electron chi connectivity index (χ3n) is 1.21. The van der Waals surface area contributed by atoms with Crippen LogP contribution in [0, 0.1) is 0 Å². The molecule has 0 fully saturated rings. The van der Waals surface area contributed by atoms with E-state index in [0.29, 0.717) is 12.4 Å². The summed E-state index contributed by atoms with van der Waals surface area (Å²) >= 11 is 6.49. The van der Waals surface area contributed by atoms with E-state index >= 15 is 0 Å². The zero-order valence-corrected chi connectivity index (χ0v) is 11.9. The van der Waals surface area contributed by atoms with E-state index in [-0.39, 0.29) is 9.24 Å². The Morgan fingerprint density at radius 2 is 2.18 bits per heavy atom. The fourth-order valence-electron chi connectivity index (χ4n) is 0.504. The number of carbonyl (C=O) groups excluding carboxylic acids is 1. The SMILES string of the molecule is [CH3][SnH]([CH3])[CH](S)C(=O)OCCS. The summed E-state index contributed by atoms with van der Waals surface area (Å²) in [7, 11) is 0. The number of ether oxygens (including phenoxy) is 1. The van der Waals surface area contributed by atoms with Crippen LogP contribution in [0.4, 0.5) is 0 Å². The van der Waals surface area contributed by atoms with Gasteiger partial charge in [0.15, 0.2) is 0 Å². The molecule has 0 aliphatic heterocycles. The Morgan fingerprint density at radius 3 is 2.55 bits per heavy atom. The summed E-state index contributed by atoms with van der Waals surface area (Å²) in [4.78, 5) is 15.3. The quantitative estimate of drug-likeness (QED) is 0.456. The van der Waals surface area contributed by atoms with Gasteiger partial charge >= 0.3 is 86.0 Å². The van der Waals surface area contributed by atoms with Crippen LogP contribution in [0.2, 0.25) is 9.88 Å². The van der Waals surface area contributed by atoms with Gasteiger partial charge in [-0.3, -0.25) is 0 Å². The molecule has 66 valence electrons. The summed E-state index contributed by atoms with van der Waals surface area (Å²) in [5, 5.41) is 0. The Morgan fingerprint density at radius 1 is 1.64 bits per heavy atom. The summed E-state index contributed by atoms with van der Waals surface area (Å²) in [5.41, 5.74) is 0.